The van der Waals surface area contributed by atoms with Gasteiger partial charge in [-0.3, -0.25) is 10.1 Å². The van der Waals surface area contributed by atoms with Gasteiger partial charge in [-0.1, -0.05) is 11.6 Å². The zero-order chi connectivity index (χ0) is 13.7. The highest BCUT2D eigenvalue weighted by Crippen LogP contribution is 2.25. The zero-order valence-electron chi connectivity index (χ0n) is 10.3. The fourth-order valence-corrected chi connectivity index (χ4v) is 4.74. The monoisotopic (exact) mass is 318 g/mol. The van der Waals surface area contributed by atoms with E-state index >= 15 is 0 Å². The first kappa shape index (κ1) is 15.0. The molecule has 19 heavy (non-hydrogen) atoms. The van der Waals surface area contributed by atoms with Crippen molar-refractivity contribution >= 4 is 40.8 Å². The number of halogens is 1. The van der Waals surface area contributed by atoms with Gasteiger partial charge in [0.25, 0.3) is 5.69 Å². The lowest BCUT2D eigenvalue weighted by Gasteiger charge is -2.21. The molecule has 1 heterocycles. The van der Waals surface area contributed by atoms with Crippen molar-refractivity contribution in [3.05, 3.63) is 38.9 Å². The minimum Gasteiger partial charge on any atom is -0.311 e. The highest BCUT2D eigenvalue weighted by Gasteiger charge is 2.16. The number of nitro groups is 1. The number of rotatable bonds is 5. The number of hydrogen-bond donors (Lipinski definition) is 1. The molecular formula is C12H15ClN2O2S2. The summed E-state index contributed by atoms with van der Waals surface area (Å²) in [5, 5.41) is 15.3. The summed E-state index contributed by atoms with van der Waals surface area (Å²) in [6.07, 6.45) is 0. The lowest BCUT2D eigenvalue weighted by atomic mass is 10.2. The van der Waals surface area contributed by atoms with Gasteiger partial charge in [0.2, 0.25) is 0 Å². The third-order valence-electron chi connectivity index (χ3n) is 2.81. The van der Waals surface area contributed by atoms with Crippen LogP contribution in [0.4, 0.5) is 5.69 Å². The molecule has 1 unspecified atom stereocenters. The fraction of sp³-hybridized carbons (Fsp3) is 0.500. The summed E-state index contributed by atoms with van der Waals surface area (Å²) >= 11 is 9.83. The fourth-order valence-electron chi connectivity index (χ4n) is 1.90. The van der Waals surface area contributed by atoms with Gasteiger partial charge in [0.1, 0.15) is 0 Å². The molecular weight excluding hydrogens is 304 g/mol. The number of nitrogens with zero attached hydrogens (tertiary/aromatic N) is 1. The van der Waals surface area contributed by atoms with Gasteiger partial charge in [0.15, 0.2) is 0 Å². The van der Waals surface area contributed by atoms with E-state index in [0.29, 0.717) is 22.4 Å². The second kappa shape index (κ2) is 7.38. The van der Waals surface area contributed by atoms with Gasteiger partial charge < -0.3 is 5.32 Å². The standard InChI is InChI=1S/C12H15ClN2O2S2/c13-10-1-2-12(15(16)17)9(5-10)6-14-7-11-8-18-3-4-19-11/h1-2,5,11,14H,3-4,6-8H2. The van der Waals surface area contributed by atoms with Crippen LogP contribution in [0.5, 0.6) is 0 Å². The maximum Gasteiger partial charge on any atom is 0.273 e. The molecule has 104 valence electrons. The molecule has 0 amide bonds. The van der Waals surface area contributed by atoms with Crippen LogP contribution in [-0.2, 0) is 6.54 Å². The second-order valence-electron chi connectivity index (χ2n) is 4.23. The van der Waals surface area contributed by atoms with Crippen molar-refractivity contribution in [1.82, 2.24) is 5.32 Å². The molecule has 1 atom stereocenters. The molecule has 0 bridgehead atoms. The van der Waals surface area contributed by atoms with Gasteiger partial charge in [-0.15, -0.1) is 0 Å². The van der Waals surface area contributed by atoms with Crippen LogP contribution in [0.25, 0.3) is 0 Å². The summed E-state index contributed by atoms with van der Waals surface area (Å²) in [4.78, 5) is 10.6. The Balaban J connectivity index is 1.91. The molecule has 1 saturated heterocycles. The topological polar surface area (TPSA) is 55.2 Å². The number of nitrogens with one attached hydrogen (secondary N) is 1. The van der Waals surface area contributed by atoms with Crippen molar-refractivity contribution in [3.8, 4) is 0 Å². The van der Waals surface area contributed by atoms with Crippen molar-refractivity contribution < 1.29 is 4.92 Å². The van der Waals surface area contributed by atoms with Gasteiger partial charge in [-0.2, -0.15) is 23.5 Å². The smallest absolute Gasteiger partial charge is 0.273 e. The van der Waals surface area contributed by atoms with Crippen LogP contribution in [0, 0.1) is 10.1 Å². The van der Waals surface area contributed by atoms with Gasteiger partial charge in [-0.25, -0.2) is 0 Å². The largest absolute Gasteiger partial charge is 0.311 e. The van der Waals surface area contributed by atoms with Crippen LogP contribution in [0.1, 0.15) is 5.56 Å². The van der Waals surface area contributed by atoms with E-state index in [9.17, 15) is 10.1 Å². The van der Waals surface area contributed by atoms with Gasteiger partial charge in [-0.05, 0) is 12.1 Å². The summed E-state index contributed by atoms with van der Waals surface area (Å²) in [6.45, 7) is 1.36. The van der Waals surface area contributed by atoms with Crippen molar-refractivity contribution in [2.45, 2.75) is 11.8 Å². The number of benzene rings is 1. The van der Waals surface area contributed by atoms with E-state index in [0.717, 1.165) is 12.3 Å². The van der Waals surface area contributed by atoms with Crippen molar-refractivity contribution in [2.24, 2.45) is 0 Å². The normalized spacial score (nSPS) is 19.3. The maximum atomic E-state index is 10.9. The number of thioether (sulfide) groups is 2. The molecule has 0 spiro atoms. The Morgan fingerprint density at radius 3 is 3.00 bits per heavy atom. The zero-order valence-corrected chi connectivity index (χ0v) is 12.7. The average molecular weight is 319 g/mol. The van der Waals surface area contributed by atoms with Crippen molar-refractivity contribution in [3.63, 3.8) is 0 Å². The predicted octanol–water partition coefficient (Wildman–Crippen LogP) is 3.19. The molecule has 0 aromatic heterocycles. The molecule has 0 saturated carbocycles. The summed E-state index contributed by atoms with van der Waals surface area (Å²) in [6, 6.07) is 4.68. The maximum absolute atomic E-state index is 10.9. The van der Waals surface area contributed by atoms with Crippen LogP contribution in [-0.4, -0.2) is 34.0 Å². The number of nitro benzene ring substituents is 1. The lowest BCUT2D eigenvalue weighted by Crippen LogP contribution is -2.28. The van der Waals surface area contributed by atoms with E-state index in [1.54, 1.807) is 12.1 Å². The quantitative estimate of drug-likeness (QED) is 0.667. The number of hydrogen-bond acceptors (Lipinski definition) is 5. The predicted molar refractivity (Wildman–Crippen MR) is 83.4 cm³/mol. The first-order valence-electron chi connectivity index (χ1n) is 5.99. The Morgan fingerprint density at radius 2 is 2.32 bits per heavy atom. The third-order valence-corrected chi connectivity index (χ3v) is 5.89. The molecule has 0 radical (unpaired) electrons. The van der Waals surface area contributed by atoms with E-state index in [1.165, 1.54) is 17.6 Å². The van der Waals surface area contributed by atoms with E-state index in [2.05, 4.69) is 5.32 Å². The van der Waals surface area contributed by atoms with Gasteiger partial charge in [0.05, 0.1) is 4.92 Å². The summed E-state index contributed by atoms with van der Waals surface area (Å²) in [7, 11) is 0. The molecule has 2 rings (SSSR count). The lowest BCUT2D eigenvalue weighted by molar-refractivity contribution is -0.385. The minimum atomic E-state index is -0.363. The van der Waals surface area contributed by atoms with Crippen molar-refractivity contribution in [1.29, 1.82) is 0 Å². The van der Waals surface area contributed by atoms with Crippen LogP contribution < -0.4 is 5.32 Å². The van der Waals surface area contributed by atoms with E-state index in [-0.39, 0.29) is 10.6 Å². The molecule has 0 aliphatic carbocycles. The molecule has 1 aliphatic heterocycles. The Kier molecular flexibility index (Phi) is 5.81. The Labute approximate surface area is 125 Å². The Bertz CT molecular complexity index is 453. The SMILES string of the molecule is O=[N+]([O-])c1ccc(Cl)cc1CNCC1CSCCS1. The summed E-state index contributed by atoms with van der Waals surface area (Å²) in [5.41, 5.74) is 0.772. The van der Waals surface area contributed by atoms with Crippen LogP contribution >= 0.6 is 35.1 Å². The molecule has 4 nitrogen and oxygen atoms in total. The van der Waals surface area contributed by atoms with Crippen LogP contribution in [0.15, 0.2) is 18.2 Å². The first-order chi connectivity index (χ1) is 9.16. The summed E-state index contributed by atoms with van der Waals surface area (Å²) < 4.78 is 0. The molecule has 1 N–H and O–H groups in total. The van der Waals surface area contributed by atoms with E-state index < -0.39 is 0 Å². The van der Waals surface area contributed by atoms with Crippen LogP contribution in [0.3, 0.4) is 0 Å². The average Bonchev–Trinajstić information content (AvgIpc) is 2.39. The second-order valence-corrected chi connectivity index (χ2v) is 7.22. The highest BCUT2D eigenvalue weighted by atomic mass is 35.5. The van der Waals surface area contributed by atoms with Crippen LogP contribution in [0.2, 0.25) is 5.02 Å². The Hall–Kier alpha value is -0.430. The third kappa shape index (κ3) is 4.56. The van der Waals surface area contributed by atoms with E-state index in [1.807, 2.05) is 23.5 Å². The molecule has 1 aromatic carbocycles. The molecule has 7 heteroatoms. The van der Waals surface area contributed by atoms with Gasteiger partial charge >= 0.3 is 0 Å². The van der Waals surface area contributed by atoms with Gasteiger partial charge in [0, 0.05) is 52.3 Å². The molecule has 1 aliphatic rings. The summed E-state index contributed by atoms with van der Waals surface area (Å²) in [5.74, 6) is 3.56. The van der Waals surface area contributed by atoms with E-state index in [4.69, 9.17) is 11.6 Å². The Morgan fingerprint density at radius 1 is 1.47 bits per heavy atom. The van der Waals surface area contributed by atoms with Crippen molar-refractivity contribution in [2.75, 3.05) is 23.8 Å². The first-order valence-corrected chi connectivity index (χ1v) is 8.58. The highest BCUT2D eigenvalue weighted by molar-refractivity contribution is 8.06. The minimum absolute atomic E-state index is 0.127. The molecule has 1 fully saturated rings. The molecule has 1 aromatic rings.